The summed E-state index contributed by atoms with van der Waals surface area (Å²) in [4.78, 5) is 40.7. The molecular formula is C54H52BClN6O8. The van der Waals surface area contributed by atoms with Crippen molar-refractivity contribution in [2.75, 3.05) is 24.9 Å². The van der Waals surface area contributed by atoms with E-state index in [0.717, 1.165) is 39.3 Å². The Labute approximate surface area is 412 Å². The number of benzene rings is 6. The largest absolute Gasteiger partial charge is 0.489 e. The van der Waals surface area contributed by atoms with Crippen molar-refractivity contribution in [2.24, 2.45) is 0 Å². The Morgan fingerprint density at radius 3 is 1.34 bits per heavy atom. The van der Waals surface area contributed by atoms with Gasteiger partial charge in [-0.15, -0.1) is 0 Å². The molecule has 0 unspecified atom stereocenters. The lowest BCUT2D eigenvalue weighted by atomic mass is 9.80. The Morgan fingerprint density at radius 2 is 0.929 bits per heavy atom. The highest BCUT2D eigenvalue weighted by molar-refractivity contribution is 6.58. The molecule has 8 rings (SSSR count). The van der Waals surface area contributed by atoms with Crippen LogP contribution in [0.4, 0.5) is 11.6 Å². The summed E-state index contributed by atoms with van der Waals surface area (Å²) >= 11 is 5.79. The zero-order valence-electron chi connectivity index (χ0n) is 38.5. The number of esters is 2. The zero-order chi connectivity index (χ0) is 49.3. The van der Waals surface area contributed by atoms with Gasteiger partial charge in [-0.25, -0.2) is 29.5 Å². The third-order valence-electron chi connectivity index (χ3n) is 10.3. The Bertz CT molecular complexity index is 2790. The van der Waals surface area contributed by atoms with Crippen molar-refractivity contribution < 1.29 is 38.6 Å². The molecule has 0 aliphatic rings. The van der Waals surface area contributed by atoms with Crippen molar-refractivity contribution >= 4 is 47.8 Å². The van der Waals surface area contributed by atoms with Gasteiger partial charge in [0.15, 0.2) is 0 Å². The Morgan fingerprint density at radius 1 is 0.529 bits per heavy atom. The first kappa shape index (κ1) is 51.3. The maximum absolute atomic E-state index is 12.3. The smallest absolute Gasteiger partial charge is 0.488 e. The minimum Gasteiger partial charge on any atom is -0.489 e. The van der Waals surface area contributed by atoms with Crippen LogP contribution in [0.1, 0.15) is 22.3 Å². The number of rotatable bonds is 18. The number of carbonyl (C=O) groups excluding carboxylic acids is 2. The average Bonchev–Trinajstić information content (AvgIpc) is 3.41. The number of anilines is 2. The molecule has 0 aliphatic heterocycles. The number of hydrogen-bond acceptors (Lipinski definition) is 14. The predicted molar refractivity (Wildman–Crippen MR) is 271 cm³/mol. The summed E-state index contributed by atoms with van der Waals surface area (Å²) < 4.78 is 21.2. The highest BCUT2D eigenvalue weighted by atomic mass is 35.5. The van der Waals surface area contributed by atoms with E-state index in [4.69, 9.17) is 40.6 Å². The number of carbonyl (C=O) groups is 2. The van der Waals surface area contributed by atoms with Crippen LogP contribution < -0.4 is 25.6 Å². The maximum atomic E-state index is 12.3. The van der Waals surface area contributed by atoms with Gasteiger partial charge in [0.2, 0.25) is 0 Å². The molecular weight excluding hydrogens is 907 g/mol. The third-order valence-corrected chi connectivity index (χ3v) is 10.5. The Hall–Kier alpha value is -8.11. The monoisotopic (exact) mass is 958 g/mol. The van der Waals surface area contributed by atoms with E-state index in [9.17, 15) is 9.59 Å². The SMILES string of the molecule is COC(=O)[C@@H](Cc1ccccc1)Nc1cc(-c2ccc(OCc3ccccc3)cc2)ncn1.COC(=O)[C@@H](Cc1ccccc1)Nc1cc(Cl)ncn1.OB(O)c1ccc(OCc2ccccc2)cc1. The quantitative estimate of drug-likeness (QED) is 0.0366. The summed E-state index contributed by atoms with van der Waals surface area (Å²) in [5.41, 5.74) is 6.38. The molecule has 0 bridgehead atoms. The van der Waals surface area contributed by atoms with Crippen LogP contribution >= 0.6 is 11.6 Å². The minimum absolute atomic E-state index is 0.311. The molecule has 2 heterocycles. The second-order valence-corrected chi connectivity index (χ2v) is 15.7. The molecule has 16 heteroatoms. The lowest BCUT2D eigenvalue weighted by molar-refractivity contribution is -0.142. The molecule has 8 aromatic rings. The van der Waals surface area contributed by atoms with Gasteiger partial charge < -0.3 is 39.6 Å². The van der Waals surface area contributed by atoms with E-state index in [0.29, 0.717) is 54.1 Å². The fourth-order valence-corrected chi connectivity index (χ4v) is 6.82. The number of halogens is 1. The number of methoxy groups -OCH3 is 2. The fourth-order valence-electron chi connectivity index (χ4n) is 6.67. The van der Waals surface area contributed by atoms with E-state index in [1.165, 1.54) is 26.9 Å². The van der Waals surface area contributed by atoms with Crippen LogP contribution in [-0.2, 0) is 45.1 Å². The van der Waals surface area contributed by atoms with Gasteiger partial charge in [-0.3, -0.25) is 0 Å². The van der Waals surface area contributed by atoms with E-state index in [-0.39, 0.29) is 11.9 Å². The number of nitrogens with zero attached hydrogens (tertiary/aromatic N) is 4. The number of nitrogens with one attached hydrogen (secondary N) is 2. The van der Waals surface area contributed by atoms with Gasteiger partial charge in [0.25, 0.3) is 0 Å². The third kappa shape index (κ3) is 17.2. The second-order valence-electron chi connectivity index (χ2n) is 15.3. The summed E-state index contributed by atoms with van der Waals surface area (Å²) in [7, 11) is 1.31. The molecule has 0 saturated heterocycles. The van der Waals surface area contributed by atoms with E-state index in [2.05, 4.69) is 30.6 Å². The van der Waals surface area contributed by atoms with E-state index in [1.807, 2.05) is 152 Å². The lowest BCUT2D eigenvalue weighted by Crippen LogP contribution is -2.33. The van der Waals surface area contributed by atoms with Gasteiger partial charge in [0.05, 0.1) is 19.9 Å². The van der Waals surface area contributed by atoms with Gasteiger partial charge in [-0.05, 0) is 64.1 Å². The molecule has 0 fully saturated rings. The van der Waals surface area contributed by atoms with Crippen molar-refractivity contribution in [2.45, 2.75) is 38.1 Å². The minimum atomic E-state index is -1.43. The standard InChI is InChI=1S/C27H25N3O3.C14H14ClN3O2.C13H13BO3/c1-32-27(31)25(16-20-8-4-2-5-9-20)30-26-17-24(28-19-29-26)22-12-14-23(15-13-22)33-18-21-10-6-3-7-11-21;1-20-14(19)11(7-10-5-3-2-4-6-10)18-13-8-12(15)16-9-17-13;15-14(16)12-6-8-13(9-7-12)17-10-11-4-2-1-3-5-11/h2-15,17,19,25H,16,18H2,1H3,(H,28,29,30);2-6,8-9,11H,7H2,1H3,(H,16,17,18);1-9,15-16H,10H2/t25-;11-;/m11./s1. The highest BCUT2D eigenvalue weighted by Crippen LogP contribution is 2.24. The second kappa shape index (κ2) is 27.6. The molecule has 0 aliphatic carbocycles. The van der Waals surface area contributed by atoms with Gasteiger partial charge >= 0.3 is 19.1 Å². The van der Waals surface area contributed by atoms with Crippen molar-refractivity contribution in [1.29, 1.82) is 0 Å². The number of ether oxygens (including phenoxy) is 4. The first-order valence-corrected chi connectivity index (χ1v) is 22.5. The Balaban J connectivity index is 0.000000186. The van der Waals surface area contributed by atoms with Crippen LogP contribution in [0.15, 0.2) is 195 Å². The van der Waals surface area contributed by atoms with Gasteiger partial charge in [0, 0.05) is 30.5 Å². The van der Waals surface area contributed by atoms with Crippen molar-refractivity contribution in [3.63, 3.8) is 0 Å². The van der Waals surface area contributed by atoms with E-state index < -0.39 is 19.2 Å². The van der Waals surface area contributed by atoms with Crippen LogP contribution in [0, 0.1) is 0 Å². The lowest BCUT2D eigenvalue weighted by Gasteiger charge is -2.17. The highest BCUT2D eigenvalue weighted by Gasteiger charge is 2.22. The van der Waals surface area contributed by atoms with Crippen molar-refractivity contribution in [3.8, 4) is 22.8 Å². The molecule has 70 heavy (non-hydrogen) atoms. The molecule has 14 nitrogen and oxygen atoms in total. The molecule has 0 radical (unpaired) electrons. The topological polar surface area (TPSA) is 187 Å². The zero-order valence-corrected chi connectivity index (χ0v) is 39.3. The van der Waals surface area contributed by atoms with Crippen LogP contribution in [0.25, 0.3) is 11.3 Å². The van der Waals surface area contributed by atoms with Crippen molar-refractivity contribution in [1.82, 2.24) is 19.9 Å². The van der Waals surface area contributed by atoms with Crippen LogP contribution in [-0.4, -0.2) is 75.3 Å². The Kier molecular flexibility index (Phi) is 20.3. The molecule has 0 spiro atoms. The molecule has 6 aromatic carbocycles. The van der Waals surface area contributed by atoms with Crippen molar-refractivity contribution in [3.05, 3.63) is 222 Å². The van der Waals surface area contributed by atoms with E-state index >= 15 is 0 Å². The molecule has 0 saturated carbocycles. The maximum Gasteiger partial charge on any atom is 0.488 e. The first-order chi connectivity index (χ1) is 34.1. The molecule has 2 atom stereocenters. The summed E-state index contributed by atoms with van der Waals surface area (Å²) in [6.45, 7) is 1.01. The molecule has 356 valence electrons. The normalized spacial score (nSPS) is 11.2. The van der Waals surface area contributed by atoms with Gasteiger partial charge in [-0.2, -0.15) is 0 Å². The van der Waals surface area contributed by atoms with Crippen LogP contribution in [0.2, 0.25) is 5.15 Å². The number of aromatic nitrogens is 4. The molecule has 0 amide bonds. The average molecular weight is 959 g/mol. The van der Waals surface area contributed by atoms with E-state index in [1.54, 1.807) is 30.3 Å². The fraction of sp³-hybridized carbons (Fsp3) is 0.148. The summed E-state index contributed by atoms with van der Waals surface area (Å²) in [5.74, 6) is 1.82. The summed E-state index contributed by atoms with van der Waals surface area (Å²) in [6.07, 6.45) is 3.80. The van der Waals surface area contributed by atoms with Gasteiger partial charge in [0.1, 0.15) is 66.2 Å². The van der Waals surface area contributed by atoms with Crippen LogP contribution in [0.5, 0.6) is 11.5 Å². The number of hydrogen-bond donors (Lipinski definition) is 4. The molecule has 4 N–H and O–H groups in total. The first-order valence-electron chi connectivity index (χ1n) is 22.1. The van der Waals surface area contributed by atoms with Gasteiger partial charge in [-0.1, -0.05) is 145 Å². The summed E-state index contributed by atoms with van der Waals surface area (Å²) in [5, 5.41) is 24.4. The van der Waals surface area contributed by atoms with Crippen LogP contribution in [0.3, 0.4) is 0 Å². The summed E-state index contributed by atoms with van der Waals surface area (Å²) in [6, 6.07) is 56.1. The predicted octanol–water partition coefficient (Wildman–Crippen LogP) is 8.19. The molecule has 2 aromatic heterocycles.